The highest BCUT2D eigenvalue weighted by molar-refractivity contribution is 7.80. The third kappa shape index (κ3) is 2.78. The predicted molar refractivity (Wildman–Crippen MR) is 49.6 cm³/mol. The number of thiol groups is 1. The normalized spacial score (nSPS) is 25.1. The molecule has 1 rings (SSSR count). The van der Waals surface area contributed by atoms with Crippen LogP contribution in [0.3, 0.4) is 0 Å². The van der Waals surface area contributed by atoms with Crippen molar-refractivity contribution in [2.24, 2.45) is 5.92 Å². The van der Waals surface area contributed by atoms with E-state index in [2.05, 4.69) is 24.8 Å². The summed E-state index contributed by atoms with van der Waals surface area (Å²) in [6.45, 7) is 0. The van der Waals surface area contributed by atoms with Crippen molar-refractivity contribution < 1.29 is 0 Å². The molecule has 0 radical (unpaired) electrons. The minimum Gasteiger partial charge on any atom is -0.179 e. The molecule has 0 amide bonds. The van der Waals surface area contributed by atoms with Crippen LogP contribution in [0.4, 0.5) is 0 Å². The minimum absolute atomic E-state index is 0.970. The van der Waals surface area contributed by atoms with Gasteiger partial charge in [0.15, 0.2) is 0 Å². The topological polar surface area (TPSA) is 0 Å². The molecule has 0 aliphatic heterocycles. The molecule has 10 heavy (non-hydrogen) atoms. The summed E-state index contributed by atoms with van der Waals surface area (Å²) in [6, 6.07) is 0. The lowest BCUT2D eigenvalue weighted by atomic mass is 9.91. The fourth-order valence-corrected chi connectivity index (χ4v) is 1.68. The van der Waals surface area contributed by atoms with Gasteiger partial charge in [0.05, 0.1) is 0 Å². The van der Waals surface area contributed by atoms with Crippen LogP contribution in [-0.2, 0) is 0 Å². The Bertz CT molecular complexity index is 107. The van der Waals surface area contributed by atoms with Crippen LogP contribution in [0.5, 0.6) is 0 Å². The quantitative estimate of drug-likeness (QED) is 0.471. The molecule has 0 N–H and O–H groups in total. The minimum atomic E-state index is 0.970. The van der Waals surface area contributed by atoms with Crippen LogP contribution in [0.1, 0.15) is 32.1 Å². The largest absolute Gasteiger partial charge is 0.179 e. The van der Waals surface area contributed by atoms with E-state index < -0.39 is 0 Å². The van der Waals surface area contributed by atoms with Gasteiger partial charge in [0, 0.05) is 0 Å². The molecular formula is C9H16S. The van der Waals surface area contributed by atoms with E-state index in [9.17, 15) is 0 Å². The van der Waals surface area contributed by atoms with Gasteiger partial charge in [-0.25, -0.2) is 0 Å². The molecule has 1 aliphatic rings. The van der Waals surface area contributed by atoms with Crippen LogP contribution in [0.2, 0.25) is 0 Å². The van der Waals surface area contributed by atoms with Crippen molar-refractivity contribution in [1.29, 1.82) is 0 Å². The predicted octanol–water partition coefficient (Wildman–Crippen LogP) is 3.05. The second-order valence-corrected chi connectivity index (χ2v) is 3.46. The van der Waals surface area contributed by atoms with Gasteiger partial charge in [-0.1, -0.05) is 12.2 Å². The van der Waals surface area contributed by atoms with E-state index in [0.29, 0.717) is 0 Å². The summed E-state index contributed by atoms with van der Waals surface area (Å²) in [6.07, 6.45) is 11.3. The molecule has 0 bridgehead atoms. The van der Waals surface area contributed by atoms with Crippen molar-refractivity contribution in [3.05, 3.63) is 12.2 Å². The molecule has 0 aromatic heterocycles. The summed E-state index contributed by atoms with van der Waals surface area (Å²) in [4.78, 5) is 0. The van der Waals surface area contributed by atoms with Crippen LogP contribution in [0.15, 0.2) is 12.2 Å². The van der Waals surface area contributed by atoms with E-state index >= 15 is 0 Å². The molecule has 1 unspecified atom stereocenters. The molecule has 58 valence electrons. The molecule has 1 heteroatoms. The first-order valence-electron chi connectivity index (χ1n) is 4.19. The Morgan fingerprint density at radius 1 is 1.40 bits per heavy atom. The van der Waals surface area contributed by atoms with Gasteiger partial charge in [-0.15, -0.1) is 0 Å². The first-order valence-corrected chi connectivity index (χ1v) is 4.82. The zero-order valence-electron chi connectivity index (χ0n) is 6.42. The average molecular weight is 156 g/mol. The Morgan fingerprint density at radius 3 is 2.90 bits per heavy atom. The Balaban J connectivity index is 2.10. The van der Waals surface area contributed by atoms with Gasteiger partial charge < -0.3 is 0 Å². The van der Waals surface area contributed by atoms with Gasteiger partial charge in [0.25, 0.3) is 0 Å². The van der Waals surface area contributed by atoms with Crippen LogP contribution in [-0.4, -0.2) is 5.75 Å². The highest BCUT2D eigenvalue weighted by Gasteiger charge is 2.07. The molecule has 0 nitrogen and oxygen atoms in total. The third-order valence-corrected chi connectivity index (χ3v) is 2.46. The standard InChI is InChI=1S/C9H16S/c10-8-4-7-9-5-2-1-3-6-9/h1-2,9-10H,3-8H2. The lowest BCUT2D eigenvalue weighted by Gasteiger charge is -2.16. The Kier molecular flexibility index (Phi) is 3.96. The number of hydrogen-bond donors (Lipinski definition) is 1. The van der Waals surface area contributed by atoms with Crippen LogP contribution in [0, 0.1) is 5.92 Å². The van der Waals surface area contributed by atoms with Gasteiger partial charge in [0.1, 0.15) is 0 Å². The van der Waals surface area contributed by atoms with E-state index in [4.69, 9.17) is 0 Å². The monoisotopic (exact) mass is 156 g/mol. The van der Waals surface area contributed by atoms with Crippen LogP contribution < -0.4 is 0 Å². The maximum absolute atomic E-state index is 4.20. The summed E-state index contributed by atoms with van der Waals surface area (Å²) >= 11 is 4.20. The summed E-state index contributed by atoms with van der Waals surface area (Å²) < 4.78 is 0. The third-order valence-electron chi connectivity index (χ3n) is 2.15. The summed E-state index contributed by atoms with van der Waals surface area (Å²) in [7, 11) is 0. The Hall–Kier alpha value is 0.0900. The van der Waals surface area contributed by atoms with Crippen molar-refractivity contribution in [2.45, 2.75) is 32.1 Å². The second-order valence-electron chi connectivity index (χ2n) is 3.02. The summed E-state index contributed by atoms with van der Waals surface area (Å²) in [5.41, 5.74) is 0. The molecule has 0 fully saturated rings. The molecule has 1 aliphatic carbocycles. The zero-order chi connectivity index (χ0) is 7.23. The van der Waals surface area contributed by atoms with E-state index in [-0.39, 0.29) is 0 Å². The van der Waals surface area contributed by atoms with Crippen LogP contribution in [0.25, 0.3) is 0 Å². The maximum Gasteiger partial charge on any atom is -0.00978 e. The first kappa shape index (κ1) is 8.19. The molecule has 0 saturated heterocycles. The van der Waals surface area contributed by atoms with Crippen molar-refractivity contribution in [2.75, 3.05) is 5.75 Å². The molecule has 0 saturated carbocycles. The van der Waals surface area contributed by atoms with Crippen LogP contribution >= 0.6 is 12.6 Å². The molecular weight excluding hydrogens is 140 g/mol. The van der Waals surface area contributed by atoms with Crippen molar-refractivity contribution in [3.8, 4) is 0 Å². The van der Waals surface area contributed by atoms with Crippen molar-refractivity contribution in [1.82, 2.24) is 0 Å². The van der Waals surface area contributed by atoms with Gasteiger partial charge in [-0.05, 0) is 43.8 Å². The smallest absolute Gasteiger partial charge is 0.00978 e. The first-order chi connectivity index (χ1) is 4.93. The van der Waals surface area contributed by atoms with Crippen molar-refractivity contribution >= 4 is 12.6 Å². The lowest BCUT2D eigenvalue weighted by Crippen LogP contribution is -2.02. The zero-order valence-corrected chi connectivity index (χ0v) is 7.32. The molecule has 1 atom stereocenters. The van der Waals surface area contributed by atoms with E-state index in [1.54, 1.807) is 0 Å². The molecule has 0 aromatic rings. The van der Waals surface area contributed by atoms with Crippen molar-refractivity contribution in [3.63, 3.8) is 0 Å². The summed E-state index contributed by atoms with van der Waals surface area (Å²) in [5.74, 6) is 2.03. The lowest BCUT2D eigenvalue weighted by molar-refractivity contribution is 0.442. The fraction of sp³-hybridized carbons (Fsp3) is 0.778. The highest BCUT2D eigenvalue weighted by Crippen LogP contribution is 2.22. The van der Waals surface area contributed by atoms with Gasteiger partial charge in [0.2, 0.25) is 0 Å². The molecule has 0 heterocycles. The average Bonchev–Trinajstić information content (AvgIpc) is 2.03. The summed E-state index contributed by atoms with van der Waals surface area (Å²) in [5, 5.41) is 0. The molecule has 0 aromatic carbocycles. The Labute approximate surface area is 69.1 Å². The highest BCUT2D eigenvalue weighted by atomic mass is 32.1. The SMILES string of the molecule is SCCCC1CC=CCC1. The molecule has 0 spiro atoms. The van der Waals surface area contributed by atoms with E-state index in [0.717, 1.165) is 11.7 Å². The number of hydrogen-bond acceptors (Lipinski definition) is 1. The second kappa shape index (κ2) is 4.84. The number of rotatable bonds is 3. The maximum atomic E-state index is 4.20. The van der Waals surface area contributed by atoms with E-state index in [1.807, 2.05) is 0 Å². The van der Waals surface area contributed by atoms with Gasteiger partial charge in [-0.3, -0.25) is 0 Å². The Morgan fingerprint density at radius 2 is 2.30 bits per heavy atom. The van der Waals surface area contributed by atoms with Gasteiger partial charge in [-0.2, -0.15) is 12.6 Å². The fourth-order valence-electron chi connectivity index (χ4n) is 1.50. The van der Waals surface area contributed by atoms with Gasteiger partial charge >= 0.3 is 0 Å². The number of allylic oxidation sites excluding steroid dienone is 2. The van der Waals surface area contributed by atoms with E-state index in [1.165, 1.54) is 32.1 Å².